The maximum Gasteiger partial charge on any atom is 0.339 e. The summed E-state index contributed by atoms with van der Waals surface area (Å²) < 4.78 is 4.75. The second-order valence-corrected chi connectivity index (χ2v) is 3.17. The minimum absolute atomic E-state index is 0.0942. The van der Waals surface area contributed by atoms with Crippen LogP contribution >= 0.6 is 12.6 Å². The van der Waals surface area contributed by atoms with Crippen LogP contribution in [-0.2, 0) is 4.74 Å². The van der Waals surface area contributed by atoms with E-state index in [1.807, 2.05) is 6.07 Å². The number of thiol groups is 1. The zero-order valence-corrected chi connectivity index (χ0v) is 8.91. The van der Waals surface area contributed by atoms with Crippen LogP contribution < -0.4 is 0 Å². The fraction of sp³-hybridized carbons (Fsp3) is 0.200. The van der Waals surface area contributed by atoms with Crippen molar-refractivity contribution >= 4 is 18.6 Å². The van der Waals surface area contributed by atoms with Gasteiger partial charge in [-0.15, -0.1) is 12.6 Å². The van der Waals surface area contributed by atoms with Crippen LogP contribution in [0.4, 0.5) is 0 Å². The number of carbonyl (C=O) groups excluding carboxylic acids is 1. The van der Waals surface area contributed by atoms with Gasteiger partial charge in [0.2, 0.25) is 0 Å². The van der Waals surface area contributed by atoms with Crippen molar-refractivity contribution in [1.82, 2.24) is 0 Å². The molecule has 0 aliphatic carbocycles. The van der Waals surface area contributed by atoms with Crippen molar-refractivity contribution in [2.75, 3.05) is 6.61 Å². The van der Waals surface area contributed by atoms with Crippen LogP contribution in [0.15, 0.2) is 17.0 Å². The highest BCUT2D eigenvalue weighted by molar-refractivity contribution is 7.80. The minimum atomic E-state index is -0.602. The molecule has 1 N–H and O–H groups in total. The van der Waals surface area contributed by atoms with Crippen molar-refractivity contribution in [3.05, 3.63) is 23.3 Å². The quantitative estimate of drug-likeness (QED) is 0.591. The number of nitrogens with zero attached hydrogens (tertiary/aromatic N) is 1. The number of aromatic hydroxyl groups is 1. The standard InChI is InChI=1S/C10H9NO3S/c1-2-14-10(13)8-4-7(12)3-6(5-11)9(8)15/h3-4,12,15H,2H2,1H3. The highest BCUT2D eigenvalue weighted by atomic mass is 32.1. The van der Waals surface area contributed by atoms with Crippen molar-refractivity contribution in [1.29, 1.82) is 5.26 Å². The number of carbonyl (C=O) groups is 1. The number of benzene rings is 1. The molecule has 0 amide bonds. The number of ether oxygens (including phenoxy) is 1. The molecule has 1 aromatic carbocycles. The van der Waals surface area contributed by atoms with Gasteiger partial charge in [-0.2, -0.15) is 5.26 Å². The van der Waals surface area contributed by atoms with E-state index < -0.39 is 5.97 Å². The summed E-state index contributed by atoms with van der Waals surface area (Å²) in [5.41, 5.74) is 0.234. The van der Waals surface area contributed by atoms with E-state index in [4.69, 9.17) is 10.00 Å². The third kappa shape index (κ3) is 2.42. The van der Waals surface area contributed by atoms with Gasteiger partial charge in [-0.05, 0) is 19.1 Å². The topological polar surface area (TPSA) is 70.3 Å². The smallest absolute Gasteiger partial charge is 0.339 e. The number of hydrogen-bond acceptors (Lipinski definition) is 5. The third-order valence-electron chi connectivity index (χ3n) is 1.71. The predicted molar refractivity (Wildman–Crippen MR) is 56.0 cm³/mol. The molecule has 0 heterocycles. The summed E-state index contributed by atoms with van der Waals surface area (Å²) >= 11 is 4.04. The molecule has 0 aromatic heterocycles. The third-order valence-corrected chi connectivity index (χ3v) is 2.19. The molecule has 0 unspecified atom stereocenters. The Bertz CT molecular complexity index is 437. The molecule has 1 rings (SSSR count). The molecule has 0 aliphatic heterocycles. The average molecular weight is 223 g/mol. The van der Waals surface area contributed by atoms with Gasteiger partial charge < -0.3 is 9.84 Å². The Kier molecular flexibility index (Phi) is 3.58. The number of phenolic OH excluding ortho intramolecular Hbond substituents is 1. The number of hydrogen-bond donors (Lipinski definition) is 2. The summed E-state index contributed by atoms with van der Waals surface area (Å²) in [5.74, 6) is -0.762. The molecule has 15 heavy (non-hydrogen) atoms. The Labute approximate surface area is 92.5 Å². The van der Waals surface area contributed by atoms with Gasteiger partial charge in [0.1, 0.15) is 11.8 Å². The first-order chi connectivity index (χ1) is 7.10. The highest BCUT2D eigenvalue weighted by Crippen LogP contribution is 2.25. The van der Waals surface area contributed by atoms with Gasteiger partial charge in [-0.1, -0.05) is 0 Å². The normalized spacial score (nSPS) is 9.40. The van der Waals surface area contributed by atoms with Gasteiger partial charge >= 0.3 is 5.97 Å². The fourth-order valence-electron chi connectivity index (χ4n) is 1.07. The number of esters is 1. The van der Waals surface area contributed by atoms with Crippen molar-refractivity contribution in [3.8, 4) is 11.8 Å². The SMILES string of the molecule is CCOC(=O)c1cc(O)cc(C#N)c1S. The van der Waals surface area contributed by atoms with Gasteiger partial charge in [0.15, 0.2) is 0 Å². The molecule has 0 spiro atoms. The van der Waals surface area contributed by atoms with Gasteiger partial charge in [-0.3, -0.25) is 0 Å². The van der Waals surface area contributed by atoms with Crippen molar-refractivity contribution in [3.63, 3.8) is 0 Å². The van der Waals surface area contributed by atoms with Crippen LogP contribution in [0, 0.1) is 11.3 Å². The van der Waals surface area contributed by atoms with E-state index >= 15 is 0 Å². The summed E-state index contributed by atoms with van der Waals surface area (Å²) in [6, 6.07) is 4.29. The predicted octanol–water partition coefficient (Wildman–Crippen LogP) is 1.73. The summed E-state index contributed by atoms with van der Waals surface area (Å²) in [6.45, 7) is 1.90. The van der Waals surface area contributed by atoms with E-state index in [9.17, 15) is 9.90 Å². The number of nitriles is 1. The summed E-state index contributed by atoms with van der Waals surface area (Å²) in [5, 5.41) is 18.0. The van der Waals surface area contributed by atoms with Gasteiger partial charge in [0.05, 0.1) is 17.7 Å². The summed E-state index contributed by atoms with van der Waals surface area (Å²) in [6.07, 6.45) is 0. The number of rotatable bonds is 2. The second kappa shape index (κ2) is 4.71. The molecule has 5 heteroatoms. The largest absolute Gasteiger partial charge is 0.508 e. The molecule has 0 radical (unpaired) electrons. The van der Waals surface area contributed by atoms with Crippen LogP contribution in [0.1, 0.15) is 22.8 Å². The molecule has 78 valence electrons. The Morgan fingerprint density at radius 3 is 2.87 bits per heavy atom. The number of phenols is 1. The lowest BCUT2D eigenvalue weighted by Crippen LogP contribution is -2.06. The Hall–Kier alpha value is -1.67. The molecule has 0 fully saturated rings. The van der Waals surface area contributed by atoms with Crippen molar-refractivity contribution < 1.29 is 14.6 Å². The maximum atomic E-state index is 11.4. The van der Waals surface area contributed by atoms with Crippen LogP contribution in [0.5, 0.6) is 5.75 Å². The monoisotopic (exact) mass is 223 g/mol. The lowest BCUT2D eigenvalue weighted by atomic mass is 10.1. The van der Waals surface area contributed by atoms with Gasteiger partial charge in [-0.25, -0.2) is 4.79 Å². The summed E-state index contributed by atoms with van der Waals surface area (Å²) in [7, 11) is 0. The van der Waals surface area contributed by atoms with Crippen LogP contribution in [0.2, 0.25) is 0 Å². The fourth-order valence-corrected chi connectivity index (χ4v) is 1.34. The van der Waals surface area contributed by atoms with E-state index in [1.54, 1.807) is 6.92 Å². The minimum Gasteiger partial charge on any atom is -0.508 e. The molecule has 0 aliphatic rings. The molecule has 1 aromatic rings. The maximum absolute atomic E-state index is 11.4. The van der Waals surface area contributed by atoms with Crippen molar-refractivity contribution in [2.45, 2.75) is 11.8 Å². The Balaban J connectivity index is 3.24. The molecule has 4 nitrogen and oxygen atoms in total. The lowest BCUT2D eigenvalue weighted by molar-refractivity contribution is 0.0522. The molecule has 0 saturated carbocycles. The highest BCUT2D eigenvalue weighted by Gasteiger charge is 2.15. The van der Waals surface area contributed by atoms with E-state index in [2.05, 4.69) is 12.6 Å². The van der Waals surface area contributed by atoms with Crippen LogP contribution in [0.25, 0.3) is 0 Å². The van der Waals surface area contributed by atoms with E-state index in [0.717, 1.165) is 0 Å². The van der Waals surface area contributed by atoms with Crippen LogP contribution in [-0.4, -0.2) is 17.7 Å². The van der Waals surface area contributed by atoms with Crippen LogP contribution in [0.3, 0.4) is 0 Å². The Morgan fingerprint density at radius 2 is 2.33 bits per heavy atom. The summed E-state index contributed by atoms with van der Waals surface area (Å²) in [4.78, 5) is 11.6. The van der Waals surface area contributed by atoms with Gasteiger partial charge in [0, 0.05) is 4.90 Å². The zero-order chi connectivity index (χ0) is 11.4. The first kappa shape index (κ1) is 11.4. The first-order valence-corrected chi connectivity index (χ1v) is 4.68. The van der Waals surface area contributed by atoms with Crippen molar-refractivity contribution in [2.24, 2.45) is 0 Å². The second-order valence-electron chi connectivity index (χ2n) is 2.72. The Morgan fingerprint density at radius 1 is 1.67 bits per heavy atom. The van der Waals surface area contributed by atoms with Gasteiger partial charge in [0.25, 0.3) is 0 Å². The zero-order valence-electron chi connectivity index (χ0n) is 8.02. The average Bonchev–Trinajstić information content (AvgIpc) is 2.21. The van der Waals surface area contributed by atoms with E-state index in [1.165, 1.54) is 12.1 Å². The first-order valence-electron chi connectivity index (χ1n) is 4.23. The van der Waals surface area contributed by atoms with E-state index in [0.29, 0.717) is 0 Å². The molecule has 0 saturated heterocycles. The molecule has 0 bridgehead atoms. The molecular formula is C10H9NO3S. The molecular weight excluding hydrogens is 214 g/mol. The van der Waals surface area contributed by atoms with E-state index in [-0.39, 0.29) is 28.4 Å². The molecule has 0 atom stereocenters. The lowest BCUT2D eigenvalue weighted by Gasteiger charge is -2.06.